The van der Waals surface area contributed by atoms with Crippen molar-refractivity contribution in [1.82, 2.24) is 0 Å². The van der Waals surface area contributed by atoms with E-state index in [1.807, 2.05) is 6.92 Å². The van der Waals surface area contributed by atoms with Crippen LogP contribution in [0.5, 0.6) is 0 Å². The van der Waals surface area contributed by atoms with Crippen LogP contribution in [-0.2, 0) is 10.4 Å². The SMILES string of the molecule is CCCC(C)CCCCCCCCC(C)O.O=S(=O)(O)O. The fourth-order valence-corrected chi connectivity index (χ4v) is 2.28. The van der Waals surface area contributed by atoms with Crippen molar-refractivity contribution in [2.24, 2.45) is 5.92 Å². The highest BCUT2D eigenvalue weighted by Gasteiger charge is 2.00. The summed E-state index contributed by atoms with van der Waals surface area (Å²) in [5, 5.41) is 9.10. The van der Waals surface area contributed by atoms with E-state index >= 15 is 0 Å². The molecule has 2 unspecified atom stereocenters. The second-order valence-corrected chi connectivity index (χ2v) is 6.79. The Morgan fingerprint density at radius 2 is 1.19 bits per heavy atom. The minimum absolute atomic E-state index is 0.102. The van der Waals surface area contributed by atoms with Gasteiger partial charge in [0, 0.05) is 0 Å². The molecule has 0 aromatic carbocycles. The first-order valence-corrected chi connectivity index (χ1v) is 9.44. The largest absolute Gasteiger partial charge is 0.394 e. The monoisotopic (exact) mass is 326 g/mol. The number of hydrogen-bond donors (Lipinski definition) is 3. The van der Waals surface area contributed by atoms with Gasteiger partial charge in [0.2, 0.25) is 0 Å². The second kappa shape index (κ2) is 14.8. The van der Waals surface area contributed by atoms with Crippen LogP contribution in [0, 0.1) is 5.92 Å². The van der Waals surface area contributed by atoms with Crippen LogP contribution in [0.25, 0.3) is 0 Å². The smallest absolute Gasteiger partial charge is 0.393 e. The molecule has 21 heavy (non-hydrogen) atoms. The maximum atomic E-state index is 9.10. The van der Waals surface area contributed by atoms with Gasteiger partial charge in [0.1, 0.15) is 0 Å². The van der Waals surface area contributed by atoms with Crippen LogP contribution in [0.4, 0.5) is 0 Å². The summed E-state index contributed by atoms with van der Waals surface area (Å²) in [6.07, 6.45) is 13.1. The fourth-order valence-electron chi connectivity index (χ4n) is 2.28. The van der Waals surface area contributed by atoms with Gasteiger partial charge in [-0.3, -0.25) is 9.11 Å². The molecule has 0 heterocycles. The van der Waals surface area contributed by atoms with Crippen LogP contribution in [0.15, 0.2) is 0 Å². The molecule has 0 aromatic rings. The summed E-state index contributed by atoms with van der Waals surface area (Å²) >= 11 is 0. The van der Waals surface area contributed by atoms with Crippen LogP contribution in [-0.4, -0.2) is 28.7 Å². The summed E-state index contributed by atoms with van der Waals surface area (Å²) in [5.41, 5.74) is 0. The van der Waals surface area contributed by atoms with Crippen LogP contribution < -0.4 is 0 Å². The Morgan fingerprint density at radius 1 is 0.810 bits per heavy atom. The van der Waals surface area contributed by atoms with Gasteiger partial charge >= 0.3 is 10.4 Å². The molecule has 0 fully saturated rings. The van der Waals surface area contributed by atoms with E-state index in [9.17, 15) is 0 Å². The van der Waals surface area contributed by atoms with Gasteiger partial charge in [0.05, 0.1) is 6.10 Å². The van der Waals surface area contributed by atoms with E-state index in [4.69, 9.17) is 22.6 Å². The Kier molecular flexibility index (Phi) is 16.2. The summed E-state index contributed by atoms with van der Waals surface area (Å²) in [7, 11) is -4.67. The van der Waals surface area contributed by atoms with E-state index in [2.05, 4.69) is 13.8 Å². The van der Waals surface area contributed by atoms with Gasteiger partial charge in [-0.1, -0.05) is 71.6 Å². The maximum absolute atomic E-state index is 9.10. The number of aliphatic hydroxyl groups excluding tert-OH is 1. The Bertz CT molecular complexity index is 293. The van der Waals surface area contributed by atoms with E-state index in [0.29, 0.717) is 0 Å². The molecule has 3 N–H and O–H groups in total. The highest BCUT2D eigenvalue weighted by Crippen LogP contribution is 2.16. The molecule has 0 aliphatic heterocycles. The molecule has 0 bridgehead atoms. The van der Waals surface area contributed by atoms with Crippen molar-refractivity contribution in [3.8, 4) is 0 Å². The lowest BCUT2D eigenvalue weighted by atomic mass is 9.98. The average molecular weight is 326 g/mol. The number of aliphatic hydroxyl groups is 1. The van der Waals surface area contributed by atoms with Crippen LogP contribution in [0.1, 0.15) is 85.0 Å². The lowest BCUT2D eigenvalue weighted by molar-refractivity contribution is 0.180. The summed E-state index contributed by atoms with van der Waals surface area (Å²) in [5.74, 6) is 0.931. The molecule has 6 heteroatoms. The molecule has 2 atom stereocenters. The summed E-state index contributed by atoms with van der Waals surface area (Å²) in [4.78, 5) is 0. The van der Waals surface area contributed by atoms with Crippen molar-refractivity contribution in [2.45, 2.75) is 91.1 Å². The minimum Gasteiger partial charge on any atom is -0.393 e. The van der Waals surface area contributed by atoms with Crippen LogP contribution >= 0.6 is 0 Å². The molecule has 0 radical (unpaired) electrons. The van der Waals surface area contributed by atoms with Gasteiger partial charge < -0.3 is 5.11 Å². The predicted octanol–water partition coefficient (Wildman–Crippen LogP) is 4.27. The Labute approximate surface area is 130 Å². The molecular formula is C15H34O5S. The normalized spacial score (nSPS) is 14.2. The standard InChI is InChI=1S/C15H32O.H2O4S/c1-4-11-14(2)12-9-7-5-6-8-10-13-15(3)16;1-5(2,3)4/h14-16H,4-13H2,1-3H3;(H2,1,2,3,4). The zero-order valence-corrected chi connectivity index (χ0v) is 14.6. The molecule has 0 rings (SSSR count). The van der Waals surface area contributed by atoms with Crippen molar-refractivity contribution < 1.29 is 22.6 Å². The van der Waals surface area contributed by atoms with E-state index in [0.717, 1.165) is 12.3 Å². The highest BCUT2D eigenvalue weighted by atomic mass is 32.3. The molecular weight excluding hydrogens is 292 g/mol. The third-order valence-corrected chi connectivity index (χ3v) is 3.35. The molecule has 5 nitrogen and oxygen atoms in total. The molecule has 0 amide bonds. The molecule has 0 saturated heterocycles. The molecule has 130 valence electrons. The topological polar surface area (TPSA) is 94.8 Å². The molecule has 0 spiro atoms. The first kappa shape index (κ1) is 23.1. The first-order chi connectivity index (χ1) is 9.66. The zero-order chi connectivity index (χ0) is 16.7. The Balaban J connectivity index is 0. The lowest BCUT2D eigenvalue weighted by Crippen LogP contribution is -1.98. The van der Waals surface area contributed by atoms with Crippen LogP contribution in [0.3, 0.4) is 0 Å². The van der Waals surface area contributed by atoms with Crippen molar-refractivity contribution in [1.29, 1.82) is 0 Å². The Hall–Kier alpha value is -0.170. The van der Waals surface area contributed by atoms with E-state index in [1.54, 1.807) is 0 Å². The van der Waals surface area contributed by atoms with Crippen molar-refractivity contribution in [2.75, 3.05) is 0 Å². The molecule has 0 saturated carbocycles. The number of unbranched alkanes of at least 4 members (excludes halogenated alkanes) is 5. The fraction of sp³-hybridized carbons (Fsp3) is 1.00. The van der Waals surface area contributed by atoms with Crippen LogP contribution in [0.2, 0.25) is 0 Å². The van der Waals surface area contributed by atoms with E-state index in [-0.39, 0.29) is 6.10 Å². The van der Waals surface area contributed by atoms with Gasteiger partial charge in [0.15, 0.2) is 0 Å². The average Bonchev–Trinajstić information content (AvgIpc) is 2.30. The molecule has 0 aliphatic carbocycles. The van der Waals surface area contributed by atoms with Gasteiger partial charge in [-0.2, -0.15) is 8.42 Å². The predicted molar refractivity (Wildman–Crippen MR) is 86.9 cm³/mol. The van der Waals surface area contributed by atoms with Gasteiger partial charge in [-0.15, -0.1) is 0 Å². The summed E-state index contributed by atoms with van der Waals surface area (Å²) in [6, 6.07) is 0. The molecule has 0 aliphatic rings. The first-order valence-electron chi connectivity index (χ1n) is 8.04. The quantitative estimate of drug-likeness (QED) is 0.389. The highest BCUT2D eigenvalue weighted by molar-refractivity contribution is 7.79. The second-order valence-electron chi connectivity index (χ2n) is 5.89. The van der Waals surface area contributed by atoms with Gasteiger partial charge in [-0.25, -0.2) is 0 Å². The van der Waals surface area contributed by atoms with Crippen molar-refractivity contribution in [3.63, 3.8) is 0 Å². The number of hydrogen-bond acceptors (Lipinski definition) is 3. The van der Waals surface area contributed by atoms with E-state index in [1.165, 1.54) is 57.8 Å². The number of rotatable bonds is 11. The van der Waals surface area contributed by atoms with Gasteiger partial charge in [-0.05, 0) is 19.3 Å². The summed E-state index contributed by atoms with van der Waals surface area (Å²) < 4.78 is 31.6. The third kappa shape index (κ3) is 33.0. The maximum Gasteiger partial charge on any atom is 0.394 e. The summed E-state index contributed by atoms with van der Waals surface area (Å²) in [6.45, 7) is 6.54. The van der Waals surface area contributed by atoms with E-state index < -0.39 is 10.4 Å². The minimum atomic E-state index is -4.67. The zero-order valence-electron chi connectivity index (χ0n) is 13.8. The lowest BCUT2D eigenvalue weighted by Gasteiger charge is -2.09. The third-order valence-electron chi connectivity index (χ3n) is 3.35. The Morgan fingerprint density at radius 3 is 1.57 bits per heavy atom. The van der Waals surface area contributed by atoms with Gasteiger partial charge in [0.25, 0.3) is 0 Å². The van der Waals surface area contributed by atoms with Crippen molar-refractivity contribution >= 4 is 10.4 Å². The molecule has 0 aromatic heterocycles. The van der Waals surface area contributed by atoms with Crippen molar-refractivity contribution in [3.05, 3.63) is 0 Å².